The molecule has 0 N–H and O–H groups in total. The highest BCUT2D eigenvalue weighted by molar-refractivity contribution is 5.63. The first-order valence-corrected chi connectivity index (χ1v) is 10.9. The number of benzene rings is 1. The third kappa shape index (κ3) is 7.86. The maximum absolute atomic E-state index is 13.9. The van der Waals surface area contributed by atoms with Crippen LogP contribution in [0.2, 0.25) is 0 Å². The smallest absolute Gasteiger partial charge is 0.368 e. The number of hydrogen-bond acceptors (Lipinski definition) is 3. The third-order valence-electron chi connectivity index (χ3n) is 5.68. The maximum atomic E-state index is 13.9. The van der Waals surface area contributed by atoms with Gasteiger partial charge in [0.15, 0.2) is 0 Å². The Morgan fingerprint density at radius 2 is 1.10 bits per heavy atom. The van der Waals surface area contributed by atoms with Gasteiger partial charge in [0.05, 0.1) is 16.8 Å². The van der Waals surface area contributed by atoms with Crippen molar-refractivity contribution in [1.82, 2.24) is 9.80 Å². The van der Waals surface area contributed by atoms with Crippen molar-refractivity contribution in [3.63, 3.8) is 0 Å². The summed E-state index contributed by atoms with van der Waals surface area (Å²) in [5.41, 5.74) is -2.52. The summed E-state index contributed by atoms with van der Waals surface area (Å²) >= 11 is 0. The zero-order valence-corrected chi connectivity index (χ0v) is 19.1. The van der Waals surface area contributed by atoms with Gasteiger partial charge in [-0.3, -0.25) is 0 Å². The van der Waals surface area contributed by atoms with Crippen molar-refractivity contribution >= 4 is 5.69 Å². The second kappa shape index (κ2) is 11.9. The summed E-state index contributed by atoms with van der Waals surface area (Å²) < 4.78 is 81.7. The molecule has 9 heteroatoms. The Labute approximate surface area is 182 Å². The minimum atomic E-state index is -4.89. The number of hydrogen-bond donors (Lipinski definition) is 0. The Bertz CT molecular complexity index is 648. The average Bonchev–Trinajstić information content (AvgIpc) is 2.71. The van der Waals surface area contributed by atoms with Crippen molar-refractivity contribution in [2.24, 2.45) is 0 Å². The van der Waals surface area contributed by atoms with E-state index in [2.05, 4.69) is 9.80 Å². The SMILES string of the molecule is CCc1cc(C(F)(F)F)cc(C(F)(F)F)c1N(CCN(CC)CC)CCN(CC)CC. The van der Waals surface area contributed by atoms with E-state index in [-0.39, 0.29) is 23.7 Å². The summed E-state index contributed by atoms with van der Waals surface area (Å²) in [4.78, 5) is 5.80. The van der Waals surface area contributed by atoms with Gasteiger partial charge in [0.2, 0.25) is 0 Å². The molecule has 0 bridgehead atoms. The van der Waals surface area contributed by atoms with E-state index in [1.54, 1.807) is 11.8 Å². The van der Waals surface area contributed by atoms with Gasteiger partial charge in [-0.15, -0.1) is 0 Å². The minimum Gasteiger partial charge on any atom is -0.368 e. The van der Waals surface area contributed by atoms with Crippen molar-refractivity contribution in [1.29, 1.82) is 0 Å². The summed E-state index contributed by atoms with van der Waals surface area (Å²) in [6, 6.07) is 1.13. The predicted octanol–water partition coefficient (Wildman–Crippen LogP) is 5.78. The van der Waals surface area contributed by atoms with E-state index < -0.39 is 23.5 Å². The molecule has 0 saturated carbocycles. The number of anilines is 1. The Hall–Kier alpha value is -1.48. The highest BCUT2D eigenvalue weighted by atomic mass is 19.4. The van der Waals surface area contributed by atoms with Crippen LogP contribution in [-0.2, 0) is 18.8 Å². The Morgan fingerprint density at radius 3 is 1.42 bits per heavy atom. The lowest BCUT2D eigenvalue weighted by molar-refractivity contribution is -0.142. The zero-order valence-electron chi connectivity index (χ0n) is 19.1. The number of aryl methyl sites for hydroxylation is 1. The van der Waals surface area contributed by atoms with Crippen molar-refractivity contribution < 1.29 is 26.3 Å². The number of likely N-dealkylation sites (N-methyl/N-ethyl adjacent to an activating group) is 2. The first-order chi connectivity index (χ1) is 14.4. The molecule has 0 saturated heterocycles. The molecule has 0 radical (unpaired) electrons. The highest BCUT2D eigenvalue weighted by Gasteiger charge is 2.40. The van der Waals surface area contributed by atoms with Crippen LogP contribution < -0.4 is 4.90 Å². The molecule has 0 fully saturated rings. The van der Waals surface area contributed by atoms with Crippen LogP contribution in [-0.4, -0.2) is 62.2 Å². The van der Waals surface area contributed by atoms with E-state index in [4.69, 9.17) is 0 Å². The lowest BCUT2D eigenvalue weighted by atomic mass is 9.98. The van der Waals surface area contributed by atoms with Crippen LogP contribution in [0.4, 0.5) is 32.0 Å². The molecule has 180 valence electrons. The molecular formula is C22H35F6N3. The number of rotatable bonds is 12. The van der Waals surface area contributed by atoms with Crippen LogP contribution in [0, 0.1) is 0 Å². The van der Waals surface area contributed by atoms with E-state index in [0.717, 1.165) is 32.2 Å². The van der Waals surface area contributed by atoms with Crippen LogP contribution in [0.25, 0.3) is 0 Å². The van der Waals surface area contributed by atoms with Crippen molar-refractivity contribution in [3.8, 4) is 0 Å². The summed E-state index contributed by atoms with van der Waals surface area (Å²) in [6.07, 6.45) is -9.64. The molecule has 0 aliphatic carbocycles. The second-order valence-corrected chi connectivity index (χ2v) is 7.42. The minimum absolute atomic E-state index is 0.0706. The molecular weight excluding hydrogens is 420 g/mol. The van der Waals surface area contributed by atoms with Gasteiger partial charge in [-0.05, 0) is 50.3 Å². The highest BCUT2D eigenvalue weighted by Crippen LogP contribution is 2.43. The average molecular weight is 456 g/mol. The Morgan fingerprint density at radius 1 is 0.645 bits per heavy atom. The molecule has 0 spiro atoms. The molecule has 1 aromatic rings. The monoisotopic (exact) mass is 455 g/mol. The van der Waals surface area contributed by atoms with Gasteiger partial charge in [0.1, 0.15) is 0 Å². The number of nitrogens with zero attached hydrogens (tertiary/aromatic N) is 3. The number of alkyl halides is 6. The molecule has 31 heavy (non-hydrogen) atoms. The summed E-state index contributed by atoms with van der Waals surface area (Å²) in [5.74, 6) is 0. The van der Waals surface area contributed by atoms with Crippen molar-refractivity contribution in [2.45, 2.75) is 53.4 Å². The summed E-state index contributed by atoms with van der Waals surface area (Å²) in [6.45, 7) is 14.2. The molecule has 0 heterocycles. The van der Waals surface area contributed by atoms with Crippen LogP contribution in [0.1, 0.15) is 51.3 Å². The fourth-order valence-electron chi connectivity index (χ4n) is 3.66. The second-order valence-electron chi connectivity index (χ2n) is 7.42. The molecule has 0 amide bonds. The van der Waals surface area contributed by atoms with Gasteiger partial charge in [0, 0.05) is 26.2 Å². The van der Waals surface area contributed by atoms with Gasteiger partial charge in [0.25, 0.3) is 0 Å². The summed E-state index contributed by atoms with van der Waals surface area (Å²) in [7, 11) is 0. The van der Waals surface area contributed by atoms with E-state index >= 15 is 0 Å². The van der Waals surface area contributed by atoms with E-state index in [1.165, 1.54) is 0 Å². The van der Waals surface area contributed by atoms with Crippen LogP contribution >= 0.6 is 0 Å². The van der Waals surface area contributed by atoms with Crippen LogP contribution in [0.3, 0.4) is 0 Å². The normalized spacial score (nSPS) is 12.8. The quantitative estimate of drug-likeness (QED) is 0.370. The number of halogens is 6. The molecule has 0 aliphatic heterocycles. The van der Waals surface area contributed by atoms with E-state index in [9.17, 15) is 26.3 Å². The molecule has 1 aromatic carbocycles. The molecule has 3 nitrogen and oxygen atoms in total. The molecule has 0 unspecified atom stereocenters. The third-order valence-corrected chi connectivity index (χ3v) is 5.68. The predicted molar refractivity (Wildman–Crippen MR) is 114 cm³/mol. The summed E-state index contributed by atoms with van der Waals surface area (Å²) in [5, 5.41) is 0. The first kappa shape index (κ1) is 27.6. The molecule has 0 aromatic heterocycles. The topological polar surface area (TPSA) is 9.72 Å². The Balaban J connectivity index is 3.54. The van der Waals surface area contributed by atoms with Crippen molar-refractivity contribution in [3.05, 3.63) is 28.8 Å². The fraction of sp³-hybridized carbons (Fsp3) is 0.727. The van der Waals surface area contributed by atoms with Gasteiger partial charge in [-0.1, -0.05) is 34.6 Å². The van der Waals surface area contributed by atoms with Gasteiger partial charge >= 0.3 is 12.4 Å². The van der Waals surface area contributed by atoms with Gasteiger partial charge in [-0.2, -0.15) is 26.3 Å². The fourth-order valence-corrected chi connectivity index (χ4v) is 3.66. The standard InChI is InChI=1S/C22H35F6N3/c1-6-17-15-18(21(23,24)25)16-19(22(26,27)28)20(17)31(13-11-29(7-2)8-3)14-12-30(9-4)10-5/h15-16H,6-14H2,1-5H3. The van der Waals surface area contributed by atoms with E-state index in [1.807, 2.05) is 27.7 Å². The lowest BCUT2D eigenvalue weighted by Crippen LogP contribution is -2.41. The lowest BCUT2D eigenvalue weighted by Gasteiger charge is -2.34. The Kier molecular flexibility index (Phi) is 10.6. The maximum Gasteiger partial charge on any atom is 0.418 e. The van der Waals surface area contributed by atoms with E-state index in [0.29, 0.717) is 26.2 Å². The molecule has 0 aliphatic rings. The van der Waals surface area contributed by atoms with Crippen molar-refractivity contribution in [2.75, 3.05) is 57.3 Å². The molecule has 1 rings (SSSR count). The van der Waals surface area contributed by atoms with Crippen LogP contribution in [0.5, 0.6) is 0 Å². The zero-order chi connectivity index (χ0) is 23.8. The van der Waals surface area contributed by atoms with Gasteiger partial charge in [-0.25, -0.2) is 0 Å². The molecule has 0 atom stereocenters. The first-order valence-electron chi connectivity index (χ1n) is 10.9. The van der Waals surface area contributed by atoms with Crippen LogP contribution in [0.15, 0.2) is 12.1 Å². The largest absolute Gasteiger partial charge is 0.418 e. The van der Waals surface area contributed by atoms with Gasteiger partial charge < -0.3 is 14.7 Å².